The lowest BCUT2D eigenvalue weighted by atomic mass is 10.00. The summed E-state index contributed by atoms with van der Waals surface area (Å²) in [6, 6.07) is 7.20. The largest absolute Gasteiger partial charge is 0.465 e. The van der Waals surface area contributed by atoms with Crippen molar-refractivity contribution in [2.24, 2.45) is 0 Å². The van der Waals surface area contributed by atoms with Gasteiger partial charge in [-0.3, -0.25) is 0 Å². The minimum Gasteiger partial charge on any atom is -0.465 e. The predicted octanol–water partition coefficient (Wildman–Crippen LogP) is 3.50. The smallest absolute Gasteiger partial charge is 0.410 e. The number of hydrogen-bond acceptors (Lipinski definition) is 4. The SMILES string of the molecule is COC(=O)c1ccc(C2=CCCN(C(=O)OC(C)(C)C)C2)cc1. The van der Waals surface area contributed by atoms with Crippen LogP contribution in [-0.4, -0.2) is 42.8 Å². The van der Waals surface area contributed by atoms with Crippen LogP contribution in [0.2, 0.25) is 0 Å². The van der Waals surface area contributed by atoms with Crippen molar-refractivity contribution in [3.05, 3.63) is 41.5 Å². The van der Waals surface area contributed by atoms with E-state index in [1.165, 1.54) is 7.11 Å². The third-order valence-electron chi connectivity index (χ3n) is 3.48. The van der Waals surface area contributed by atoms with Crippen LogP contribution >= 0.6 is 0 Å². The average Bonchev–Trinajstić information content (AvgIpc) is 2.53. The van der Waals surface area contributed by atoms with Crippen LogP contribution in [0.3, 0.4) is 0 Å². The van der Waals surface area contributed by atoms with Crippen LogP contribution < -0.4 is 0 Å². The molecule has 1 amide bonds. The number of amides is 1. The van der Waals surface area contributed by atoms with Gasteiger partial charge in [-0.2, -0.15) is 0 Å². The first-order valence-corrected chi connectivity index (χ1v) is 7.66. The Morgan fingerprint density at radius 1 is 1.13 bits per heavy atom. The molecule has 1 aliphatic rings. The van der Waals surface area contributed by atoms with Gasteiger partial charge in [0.25, 0.3) is 0 Å². The first-order chi connectivity index (χ1) is 10.8. The van der Waals surface area contributed by atoms with E-state index in [9.17, 15) is 9.59 Å². The fraction of sp³-hybridized carbons (Fsp3) is 0.444. The Hall–Kier alpha value is -2.30. The lowest BCUT2D eigenvalue weighted by Crippen LogP contribution is -2.39. The van der Waals surface area contributed by atoms with Crippen LogP contribution in [0.25, 0.3) is 5.57 Å². The lowest BCUT2D eigenvalue weighted by Gasteiger charge is -2.30. The summed E-state index contributed by atoms with van der Waals surface area (Å²) < 4.78 is 10.1. The standard InChI is InChI=1S/C18H23NO4/c1-18(2,3)23-17(21)19-11-5-6-15(12-19)13-7-9-14(10-8-13)16(20)22-4/h6-10H,5,11-12H2,1-4H3. The van der Waals surface area contributed by atoms with E-state index < -0.39 is 5.60 Å². The Labute approximate surface area is 136 Å². The molecular formula is C18H23NO4. The minimum atomic E-state index is -0.499. The molecule has 0 N–H and O–H groups in total. The normalized spacial score (nSPS) is 15.0. The number of methoxy groups -OCH3 is 1. The zero-order valence-corrected chi connectivity index (χ0v) is 14.1. The van der Waals surface area contributed by atoms with Crippen molar-refractivity contribution < 1.29 is 19.1 Å². The molecule has 0 aliphatic carbocycles. The van der Waals surface area contributed by atoms with E-state index in [0.717, 1.165) is 17.6 Å². The molecule has 0 saturated heterocycles. The average molecular weight is 317 g/mol. The number of hydrogen-bond donors (Lipinski definition) is 0. The molecule has 0 spiro atoms. The molecule has 0 fully saturated rings. The Bertz CT molecular complexity index is 611. The molecule has 0 radical (unpaired) electrons. The van der Waals surface area contributed by atoms with E-state index in [1.54, 1.807) is 17.0 Å². The van der Waals surface area contributed by atoms with Crippen LogP contribution in [0, 0.1) is 0 Å². The van der Waals surface area contributed by atoms with Crippen molar-refractivity contribution in [1.82, 2.24) is 4.90 Å². The summed E-state index contributed by atoms with van der Waals surface area (Å²) in [5.41, 5.74) is 2.06. The first kappa shape index (κ1) is 17.1. The fourth-order valence-corrected chi connectivity index (χ4v) is 2.37. The Morgan fingerprint density at radius 3 is 2.35 bits per heavy atom. The number of benzene rings is 1. The highest BCUT2D eigenvalue weighted by molar-refractivity contribution is 5.89. The number of nitrogens with zero attached hydrogens (tertiary/aromatic N) is 1. The van der Waals surface area contributed by atoms with E-state index in [1.807, 2.05) is 32.9 Å². The maximum Gasteiger partial charge on any atom is 0.410 e. The van der Waals surface area contributed by atoms with Gasteiger partial charge in [-0.25, -0.2) is 9.59 Å². The lowest BCUT2D eigenvalue weighted by molar-refractivity contribution is 0.0273. The van der Waals surface area contributed by atoms with Gasteiger partial charge in [-0.05, 0) is 50.5 Å². The van der Waals surface area contributed by atoms with Gasteiger partial charge in [0.15, 0.2) is 0 Å². The Kier molecular flexibility index (Phi) is 5.08. The van der Waals surface area contributed by atoms with Crippen LogP contribution in [0.4, 0.5) is 4.79 Å². The monoisotopic (exact) mass is 317 g/mol. The van der Waals surface area contributed by atoms with Crippen molar-refractivity contribution in [1.29, 1.82) is 0 Å². The summed E-state index contributed by atoms with van der Waals surface area (Å²) in [4.78, 5) is 25.4. The van der Waals surface area contributed by atoms with Crippen molar-refractivity contribution in [3.8, 4) is 0 Å². The molecule has 0 saturated carbocycles. The minimum absolute atomic E-state index is 0.297. The number of carbonyl (C=O) groups excluding carboxylic acids is 2. The van der Waals surface area contributed by atoms with Gasteiger partial charge in [0.2, 0.25) is 0 Å². The van der Waals surface area contributed by atoms with Gasteiger partial charge in [0, 0.05) is 13.1 Å². The van der Waals surface area contributed by atoms with Crippen molar-refractivity contribution in [3.63, 3.8) is 0 Å². The summed E-state index contributed by atoms with van der Waals surface area (Å²) in [5, 5.41) is 0. The summed E-state index contributed by atoms with van der Waals surface area (Å²) >= 11 is 0. The van der Waals surface area contributed by atoms with Crippen LogP contribution in [0.15, 0.2) is 30.3 Å². The molecule has 23 heavy (non-hydrogen) atoms. The molecule has 1 aromatic rings. The second-order valence-corrected chi connectivity index (χ2v) is 6.49. The van der Waals surface area contributed by atoms with E-state index in [-0.39, 0.29) is 12.1 Å². The van der Waals surface area contributed by atoms with Crippen molar-refractivity contribution >= 4 is 17.6 Å². The Morgan fingerprint density at radius 2 is 1.78 bits per heavy atom. The molecule has 5 heteroatoms. The number of carbonyl (C=O) groups is 2. The molecular weight excluding hydrogens is 294 g/mol. The fourth-order valence-electron chi connectivity index (χ4n) is 2.37. The van der Waals surface area contributed by atoms with Gasteiger partial charge < -0.3 is 14.4 Å². The van der Waals surface area contributed by atoms with Gasteiger partial charge in [-0.15, -0.1) is 0 Å². The zero-order valence-electron chi connectivity index (χ0n) is 14.1. The number of rotatable bonds is 2. The van der Waals surface area contributed by atoms with Crippen LogP contribution in [0.5, 0.6) is 0 Å². The molecule has 1 heterocycles. The highest BCUT2D eigenvalue weighted by Gasteiger charge is 2.24. The van der Waals surface area contributed by atoms with E-state index in [2.05, 4.69) is 6.08 Å². The predicted molar refractivity (Wildman–Crippen MR) is 88.2 cm³/mol. The summed E-state index contributed by atoms with van der Waals surface area (Å²) in [5.74, 6) is -0.357. The van der Waals surface area contributed by atoms with Crippen molar-refractivity contribution in [2.75, 3.05) is 20.2 Å². The quantitative estimate of drug-likeness (QED) is 0.783. The van der Waals surface area contributed by atoms with Gasteiger partial charge in [0.05, 0.1) is 12.7 Å². The molecule has 2 rings (SSSR count). The molecule has 0 aromatic heterocycles. The van der Waals surface area contributed by atoms with Gasteiger partial charge in [0.1, 0.15) is 5.60 Å². The second kappa shape index (κ2) is 6.86. The molecule has 124 valence electrons. The molecule has 1 aliphatic heterocycles. The summed E-state index contributed by atoms with van der Waals surface area (Å²) in [6.07, 6.45) is 2.61. The highest BCUT2D eigenvalue weighted by atomic mass is 16.6. The summed E-state index contributed by atoms with van der Waals surface area (Å²) in [7, 11) is 1.36. The third-order valence-corrected chi connectivity index (χ3v) is 3.48. The maximum absolute atomic E-state index is 12.2. The van der Waals surface area contributed by atoms with Crippen molar-refractivity contribution in [2.45, 2.75) is 32.8 Å². The molecule has 0 atom stereocenters. The maximum atomic E-state index is 12.2. The van der Waals surface area contributed by atoms with E-state index >= 15 is 0 Å². The van der Waals surface area contributed by atoms with Gasteiger partial charge in [-0.1, -0.05) is 18.2 Å². The molecule has 0 bridgehead atoms. The van der Waals surface area contributed by atoms with Crippen LogP contribution in [-0.2, 0) is 9.47 Å². The first-order valence-electron chi connectivity index (χ1n) is 7.66. The number of ether oxygens (including phenoxy) is 2. The van der Waals surface area contributed by atoms with Crippen LogP contribution in [0.1, 0.15) is 43.1 Å². The number of esters is 1. The zero-order chi connectivity index (χ0) is 17.0. The van der Waals surface area contributed by atoms with Gasteiger partial charge >= 0.3 is 12.1 Å². The molecule has 5 nitrogen and oxygen atoms in total. The molecule has 1 aromatic carbocycles. The van der Waals surface area contributed by atoms with E-state index in [0.29, 0.717) is 18.7 Å². The molecule has 0 unspecified atom stereocenters. The Balaban J connectivity index is 2.08. The van der Waals surface area contributed by atoms with E-state index in [4.69, 9.17) is 9.47 Å². The third kappa shape index (κ3) is 4.58. The second-order valence-electron chi connectivity index (χ2n) is 6.49. The summed E-state index contributed by atoms with van der Waals surface area (Å²) in [6.45, 7) is 6.73. The highest BCUT2D eigenvalue weighted by Crippen LogP contribution is 2.23. The topological polar surface area (TPSA) is 55.8 Å².